The van der Waals surface area contributed by atoms with Gasteiger partial charge in [-0.2, -0.15) is 0 Å². The second kappa shape index (κ2) is 12.0. The van der Waals surface area contributed by atoms with Gasteiger partial charge in [-0.25, -0.2) is 10.5 Å². The third kappa shape index (κ3) is 5.72. The molecule has 3 aliphatic rings. The largest absolute Gasteiger partial charge is 0.436 e. The maximum absolute atomic E-state index is 13.5. The molecule has 0 spiro atoms. The number of piperazine rings is 1. The van der Waals surface area contributed by atoms with Crippen molar-refractivity contribution in [1.29, 1.82) is 0 Å². The molecule has 2 aromatic heterocycles. The SMILES string of the molecule is CN1NN=C(C(c2ccccc2)N2CCN(C(=O)c3cc(-c4nc5cc(NC(=O)[C@@H]6CCOC6)ccc5o4)ccn3)CC2)N1. The van der Waals surface area contributed by atoms with Crippen molar-refractivity contribution in [2.24, 2.45) is 11.0 Å². The standard InChI is InChI=1S/C31H33N9O4/c1-38-36-28(35-37-38)27(20-5-3-2-4-6-20)39-12-14-40(15-13-39)31(42)25-17-21(9-11-32-25)30-34-24-18-23(7-8-26(24)44-30)33-29(41)22-10-16-43-19-22/h2-9,11,17-18,22,27,37H,10,12-16,19H2,1H3,(H,33,41)(H,35,36)/t22-,27?/m1/s1. The number of benzene rings is 2. The molecule has 2 atom stereocenters. The summed E-state index contributed by atoms with van der Waals surface area (Å²) in [4.78, 5) is 39.2. The van der Waals surface area contributed by atoms with E-state index in [9.17, 15) is 9.59 Å². The van der Waals surface area contributed by atoms with Crippen molar-refractivity contribution in [1.82, 2.24) is 35.8 Å². The number of amides is 2. The van der Waals surface area contributed by atoms with Crippen molar-refractivity contribution in [3.8, 4) is 11.5 Å². The van der Waals surface area contributed by atoms with Crippen LogP contribution in [0.25, 0.3) is 22.6 Å². The maximum atomic E-state index is 13.5. The maximum Gasteiger partial charge on any atom is 0.272 e. The quantitative estimate of drug-likeness (QED) is 0.292. The van der Waals surface area contributed by atoms with Crippen LogP contribution in [-0.2, 0) is 9.53 Å². The van der Waals surface area contributed by atoms with E-state index in [0.717, 1.165) is 17.8 Å². The van der Waals surface area contributed by atoms with Crippen LogP contribution in [0.15, 0.2) is 76.4 Å². The summed E-state index contributed by atoms with van der Waals surface area (Å²) < 4.78 is 11.3. The summed E-state index contributed by atoms with van der Waals surface area (Å²) in [5.41, 5.74) is 10.1. The van der Waals surface area contributed by atoms with Crippen LogP contribution < -0.4 is 16.3 Å². The van der Waals surface area contributed by atoms with E-state index in [1.54, 1.807) is 41.6 Å². The summed E-state index contributed by atoms with van der Waals surface area (Å²) in [6.07, 6.45) is 2.32. The topological polar surface area (TPSA) is 140 Å². The molecular formula is C31H33N9O4. The Bertz CT molecular complexity index is 1690. The molecule has 13 heteroatoms. The summed E-state index contributed by atoms with van der Waals surface area (Å²) in [7, 11) is 1.86. The van der Waals surface area contributed by atoms with Gasteiger partial charge in [0.05, 0.1) is 18.6 Å². The minimum atomic E-state index is -0.141. The number of rotatable bonds is 7. The number of carbonyl (C=O) groups is 2. The number of hydrazine groups is 2. The summed E-state index contributed by atoms with van der Waals surface area (Å²) >= 11 is 0. The Morgan fingerprint density at radius 2 is 1.89 bits per heavy atom. The number of nitrogens with zero attached hydrogens (tertiary/aromatic N) is 6. The first-order valence-electron chi connectivity index (χ1n) is 14.7. The van der Waals surface area contributed by atoms with E-state index < -0.39 is 0 Å². The second-order valence-electron chi connectivity index (χ2n) is 11.1. The molecule has 0 saturated carbocycles. The van der Waals surface area contributed by atoms with Gasteiger partial charge in [0.1, 0.15) is 11.2 Å². The summed E-state index contributed by atoms with van der Waals surface area (Å²) in [5.74, 6) is 0.843. The van der Waals surface area contributed by atoms with Gasteiger partial charge in [0.2, 0.25) is 11.8 Å². The van der Waals surface area contributed by atoms with E-state index in [2.05, 4.69) is 48.4 Å². The van der Waals surface area contributed by atoms with Gasteiger partial charge in [-0.05, 0) is 42.3 Å². The number of aromatic nitrogens is 2. The lowest BCUT2D eigenvalue weighted by molar-refractivity contribution is -0.119. The molecule has 44 heavy (non-hydrogen) atoms. The molecule has 0 aliphatic carbocycles. The number of carbonyl (C=O) groups excluding carboxylic acids is 2. The molecule has 2 aromatic carbocycles. The zero-order valence-electron chi connectivity index (χ0n) is 24.3. The Labute approximate surface area is 253 Å². The number of hydrogen-bond donors (Lipinski definition) is 3. The Morgan fingerprint density at radius 3 is 2.64 bits per heavy atom. The highest BCUT2D eigenvalue weighted by atomic mass is 16.5. The van der Waals surface area contributed by atoms with Crippen LogP contribution in [0.2, 0.25) is 0 Å². The number of nitrogens with one attached hydrogen (secondary N) is 3. The molecule has 13 nitrogen and oxygen atoms in total. The first kappa shape index (κ1) is 28.0. The van der Waals surface area contributed by atoms with E-state index in [1.165, 1.54) is 0 Å². The highest BCUT2D eigenvalue weighted by Gasteiger charge is 2.33. The lowest BCUT2D eigenvalue weighted by Gasteiger charge is -2.39. The van der Waals surface area contributed by atoms with Gasteiger partial charge in [0, 0.05) is 57.3 Å². The Morgan fingerprint density at radius 1 is 1.05 bits per heavy atom. The van der Waals surface area contributed by atoms with E-state index in [1.807, 2.05) is 30.1 Å². The zero-order valence-corrected chi connectivity index (χ0v) is 24.3. The predicted molar refractivity (Wildman–Crippen MR) is 163 cm³/mol. The van der Waals surface area contributed by atoms with E-state index in [4.69, 9.17) is 9.15 Å². The average Bonchev–Trinajstić information content (AvgIpc) is 3.84. The third-order valence-corrected chi connectivity index (χ3v) is 8.13. The number of anilines is 1. The fraction of sp³-hybridized carbons (Fsp3) is 0.323. The molecular weight excluding hydrogens is 562 g/mol. The van der Waals surface area contributed by atoms with E-state index in [0.29, 0.717) is 73.3 Å². The van der Waals surface area contributed by atoms with Crippen molar-refractivity contribution in [3.63, 3.8) is 0 Å². The number of hydrazone groups is 1. The molecule has 2 amide bonds. The van der Waals surface area contributed by atoms with Gasteiger partial charge in [-0.3, -0.25) is 24.9 Å². The van der Waals surface area contributed by atoms with Crippen LogP contribution >= 0.6 is 0 Å². The van der Waals surface area contributed by atoms with Crippen LogP contribution in [0.5, 0.6) is 0 Å². The smallest absolute Gasteiger partial charge is 0.272 e. The zero-order chi connectivity index (χ0) is 30.0. The summed E-state index contributed by atoms with van der Waals surface area (Å²) in [6.45, 7) is 3.50. The lowest BCUT2D eigenvalue weighted by atomic mass is 10.0. The molecule has 0 bridgehead atoms. The monoisotopic (exact) mass is 595 g/mol. The number of ether oxygens (including phenoxy) is 1. The van der Waals surface area contributed by atoms with Crippen molar-refractivity contribution in [3.05, 3.63) is 78.1 Å². The van der Waals surface area contributed by atoms with Crippen molar-refractivity contribution >= 4 is 34.4 Å². The third-order valence-electron chi connectivity index (χ3n) is 8.13. The van der Waals surface area contributed by atoms with Crippen LogP contribution in [0.3, 0.4) is 0 Å². The van der Waals surface area contributed by atoms with Gasteiger partial charge in [0.25, 0.3) is 5.91 Å². The number of oxazole rings is 1. The van der Waals surface area contributed by atoms with E-state index in [-0.39, 0.29) is 23.8 Å². The number of amidine groups is 1. The molecule has 1 unspecified atom stereocenters. The van der Waals surface area contributed by atoms with Gasteiger partial charge in [-0.1, -0.05) is 30.3 Å². The average molecular weight is 596 g/mol. The van der Waals surface area contributed by atoms with Gasteiger partial charge < -0.3 is 19.4 Å². The molecule has 3 N–H and O–H groups in total. The van der Waals surface area contributed by atoms with Crippen molar-refractivity contribution in [2.75, 3.05) is 51.8 Å². The molecule has 7 rings (SSSR count). The number of hydrogen-bond acceptors (Lipinski definition) is 11. The fourth-order valence-electron chi connectivity index (χ4n) is 5.79. The van der Waals surface area contributed by atoms with Crippen molar-refractivity contribution in [2.45, 2.75) is 12.5 Å². The Hall–Kier alpha value is -4.85. The molecule has 2 fully saturated rings. The molecule has 5 heterocycles. The Kier molecular flexibility index (Phi) is 7.64. The lowest BCUT2D eigenvalue weighted by Crippen LogP contribution is -2.52. The fourth-order valence-corrected chi connectivity index (χ4v) is 5.79. The molecule has 4 aromatic rings. The minimum absolute atomic E-state index is 0.0622. The van der Waals surface area contributed by atoms with Crippen LogP contribution in [-0.4, -0.2) is 89.0 Å². The van der Waals surface area contributed by atoms with E-state index >= 15 is 0 Å². The molecule has 0 radical (unpaired) electrons. The second-order valence-corrected chi connectivity index (χ2v) is 11.1. The number of pyridine rings is 1. The first-order valence-corrected chi connectivity index (χ1v) is 14.7. The Balaban J connectivity index is 1.03. The van der Waals surface area contributed by atoms with Gasteiger partial charge in [-0.15, -0.1) is 10.2 Å². The molecule has 2 saturated heterocycles. The highest BCUT2D eigenvalue weighted by Crippen LogP contribution is 2.28. The highest BCUT2D eigenvalue weighted by molar-refractivity contribution is 5.95. The normalized spacial score (nSPS) is 19.8. The minimum Gasteiger partial charge on any atom is -0.436 e. The van der Waals surface area contributed by atoms with Crippen LogP contribution in [0.1, 0.15) is 28.5 Å². The molecule has 226 valence electrons. The summed E-state index contributed by atoms with van der Waals surface area (Å²) in [6, 6.07) is 19.0. The van der Waals surface area contributed by atoms with Crippen molar-refractivity contribution < 1.29 is 18.7 Å². The predicted octanol–water partition coefficient (Wildman–Crippen LogP) is 2.63. The first-order chi connectivity index (χ1) is 21.5. The van der Waals surface area contributed by atoms with Crippen LogP contribution in [0.4, 0.5) is 5.69 Å². The number of fused-ring (bicyclic) bond motifs is 1. The summed E-state index contributed by atoms with van der Waals surface area (Å²) in [5, 5.41) is 9.13. The molecule has 3 aliphatic heterocycles. The van der Waals surface area contributed by atoms with Gasteiger partial charge >= 0.3 is 0 Å². The van der Waals surface area contributed by atoms with Gasteiger partial charge in [0.15, 0.2) is 11.4 Å². The van der Waals surface area contributed by atoms with Crippen LogP contribution in [0, 0.1) is 5.92 Å².